The largest absolute Gasteiger partial charge is 0.494 e. The lowest BCUT2D eigenvalue weighted by atomic mass is 10.1. The number of nitrogens with zero attached hydrogens (tertiary/aromatic N) is 2. The number of aryl methyl sites for hydroxylation is 1. The van der Waals surface area contributed by atoms with Crippen LogP contribution in [0.5, 0.6) is 5.75 Å². The molecule has 4 heteroatoms. The quantitative estimate of drug-likeness (QED) is 0.809. The summed E-state index contributed by atoms with van der Waals surface area (Å²) in [5, 5.41) is 7.98. The maximum atomic E-state index is 5.51. The smallest absolute Gasteiger partial charge is 0.119 e. The predicted molar refractivity (Wildman–Crippen MR) is 85.6 cm³/mol. The third-order valence-electron chi connectivity index (χ3n) is 3.37. The van der Waals surface area contributed by atoms with Crippen LogP contribution in [-0.4, -0.2) is 22.9 Å². The highest BCUT2D eigenvalue weighted by Gasteiger charge is 2.12. The number of benzene rings is 1. The predicted octanol–water partition coefficient (Wildman–Crippen LogP) is 3.33. The van der Waals surface area contributed by atoms with E-state index < -0.39 is 0 Å². The summed E-state index contributed by atoms with van der Waals surface area (Å²) in [6.45, 7) is 8.78. The van der Waals surface area contributed by atoms with Crippen molar-refractivity contribution in [1.82, 2.24) is 15.1 Å². The highest BCUT2D eigenvalue weighted by Crippen LogP contribution is 2.19. The first-order valence-corrected chi connectivity index (χ1v) is 7.68. The monoisotopic (exact) mass is 287 g/mol. The third kappa shape index (κ3) is 4.60. The van der Waals surface area contributed by atoms with Crippen LogP contribution in [0.1, 0.15) is 37.4 Å². The molecule has 0 saturated carbocycles. The molecular formula is C17H25N3O. The average molecular weight is 287 g/mol. The Kier molecular flexibility index (Phi) is 5.81. The summed E-state index contributed by atoms with van der Waals surface area (Å²) in [6.07, 6.45) is 5.09. The first-order chi connectivity index (χ1) is 10.2. The first kappa shape index (κ1) is 15.6. The molecule has 0 bridgehead atoms. The SMILES string of the molecule is CCCNC(Cn1cc(C)cn1)c1ccc(OCC)cc1. The fourth-order valence-electron chi connectivity index (χ4n) is 2.32. The Balaban J connectivity index is 2.10. The summed E-state index contributed by atoms with van der Waals surface area (Å²) < 4.78 is 7.50. The molecule has 0 amide bonds. The molecule has 4 nitrogen and oxygen atoms in total. The molecule has 0 saturated heterocycles. The molecule has 1 heterocycles. The van der Waals surface area contributed by atoms with E-state index in [0.29, 0.717) is 6.61 Å². The van der Waals surface area contributed by atoms with Gasteiger partial charge in [-0.2, -0.15) is 5.10 Å². The fraction of sp³-hybridized carbons (Fsp3) is 0.471. The third-order valence-corrected chi connectivity index (χ3v) is 3.37. The van der Waals surface area contributed by atoms with Crippen LogP contribution in [0.15, 0.2) is 36.7 Å². The number of hydrogen-bond acceptors (Lipinski definition) is 3. The van der Waals surface area contributed by atoms with Crippen LogP contribution >= 0.6 is 0 Å². The zero-order valence-corrected chi connectivity index (χ0v) is 13.2. The average Bonchev–Trinajstić information content (AvgIpc) is 2.90. The van der Waals surface area contributed by atoms with E-state index in [4.69, 9.17) is 4.74 Å². The van der Waals surface area contributed by atoms with Crippen molar-refractivity contribution in [1.29, 1.82) is 0 Å². The van der Waals surface area contributed by atoms with E-state index in [0.717, 1.165) is 25.3 Å². The van der Waals surface area contributed by atoms with Gasteiger partial charge in [0.1, 0.15) is 5.75 Å². The molecule has 1 atom stereocenters. The van der Waals surface area contributed by atoms with Gasteiger partial charge in [-0.05, 0) is 50.1 Å². The maximum absolute atomic E-state index is 5.51. The van der Waals surface area contributed by atoms with Crippen molar-refractivity contribution >= 4 is 0 Å². The molecule has 0 aliphatic rings. The minimum absolute atomic E-state index is 0.264. The number of aromatic nitrogens is 2. The standard InChI is InChI=1S/C17H25N3O/c1-4-10-18-17(13-20-12-14(3)11-19-20)15-6-8-16(9-7-15)21-5-2/h6-9,11-12,17-18H,4-5,10,13H2,1-3H3. The van der Waals surface area contributed by atoms with E-state index in [1.807, 2.05) is 29.9 Å². The van der Waals surface area contributed by atoms with E-state index >= 15 is 0 Å². The van der Waals surface area contributed by atoms with Gasteiger partial charge in [-0.25, -0.2) is 0 Å². The summed E-state index contributed by atoms with van der Waals surface area (Å²) in [5.74, 6) is 0.922. The van der Waals surface area contributed by atoms with Gasteiger partial charge in [-0.15, -0.1) is 0 Å². The minimum atomic E-state index is 0.264. The fourth-order valence-corrected chi connectivity index (χ4v) is 2.32. The zero-order chi connectivity index (χ0) is 15.1. The van der Waals surface area contributed by atoms with Crippen LogP contribution in [-0.2, 0) is 6.54 Å². The van der Waals surface area contributed by atoms with Crippen molar-refractivity contribution in [3.8, 4) is 5.75 Å². The first-order valence-electron chi connectivity index (χ1n) is 7.68. The molecule has 0 aliphatic carbocycles. The van der Waals surface area contributed by atoms with Crippen LogP contribution in [0.4, 0.5) is 0 Å². The van der Waals surface area contributed by atoms with Gasteiger partial charge in [-0.3, -0.25) is 4.68 Å². The molecule has 0 spiro atoms. The van der Waals surface area contributed by atoms with E-state index in [1.54, 1.807) is 0 Å². The summed E-state index contributed by atoms with van der Waals surface area (Å²) in [7, 11) is 0. The van der Waals surface area contributed by atoms with E-state index in [-0.39, 0.29) is 6.04 Å². The molecule has 1 unspecified atom stereocenters. The highest BCUT2D eigenvalue weighted by molar-refractivity contribution is 5.29. The molecule has 0 fully saturated rings. The van der Waals surface area contributed by atoms with Crippen LogP contribution in [0.2, 0.25) is 0 Å². The van der Waals surface area contributed by atoms with Crippen molar-refractivity contribution < 1.29 is 4.74 Å². The number of ether oxygens (including phenoxy) is 1. The Morgan fingerprint density at radius 2 is 2.00 bits per heavy atom. The van der Waals surface area contributed by atoms with Crippen molar-refractivity contribution in [3.63, 3.8) is 0 Å². The number of nitrogens with one attached hydrogen (secondary N) is 1. The molecule has 2 aromatic rings. The number of rotatable bonds is 8. The molecule has 0 radical (unpaired) electrons. The van der Waals surface area contributed by atoms with Crippen LogP contribution in [0.3, 0.4) is 0 Å². The van der Waals surface area contributed by atoms with Gasteiger partial charge in [-0.1, -0.05) is 19.1 Å². The number of hydrogen-bond donors (Lipinski definition) is 1. The second-order valence-corrected chi connectivity index (χ2v) is 5.25. The Bertz CT molecular complexity index is 533. The zero-order valence-electron chi connectivity index (χ0n) is 13.2. The molecule has 2 rings (SSSR count). The van der Waals surface area contributed by atoms with Crippen molar-refractivity contribution in [2.24, 2.45) is 0 Å². The lowest BCUT2D eigenvalue weighted by molar-refractivity contribution is 0.340. The summed E-state index contributed by atoms with van der Waals surface area (Å²) in [6, 6.07) is 8.60. The summed E-state index contributed by atoms with van der Waals surface area (Å²) in [5.41, 5.74) is 2.45. The molecule has 21 heavy (non-hydrogen) atoms. The van der Waals surface area contributed by atoms with Crippen molar-refractivity contribution in [3.05, 3.63) is 47.8 Å². The Hall–Kier alpha value is -1.81. The van der Waals surface area contributed by atoms with Gasteiger partial charge in [0, 0.05) is 6.20 Å². The summed E-state index contributed by atoms with van der Waals surface area (Å²) in [4.78, 5) is 0. The second-order valence-electron chi connectivity index (χ2n) is 5.25. The van der Waals surface area contributed by atoms with E-state index in [9.17, 15) is 0 Å². The molecule has 1 aromatic heterocycles. The van der Waals surface area contributed by atoms with Crippen molar-refractivity contribution in [2.45, 2.75) is 39.8 Å². The van der Waals surface area contributed by atoms with Crippen LogP contribution in [0, 0.1) is 6.92 Å². The lowest BCUT2D eigenvalue weighted by Gasteiger charge is -2.19. The van der Waals surface area contributed by atoms with Gasteiger partial charge in [0.15, 0.2) is 0 Å². The van der Waals surface area contributed by atoms with E-state index in [1.165, 1.54) is 11.1 Å². The Morgan fingerprint density at radius 3 is 2.57 bits per heavy atom. The van der Waals surface area contributed by atoms with Gasteiger partial charge < -0.3 is 10.1 Å². The van der Waals surface area contributed by atoms with Gasteiger partial charge in [0.2, 0.25) is 0 Å². The molecule has 0 aliphatic heterocycles. The van der Waals surface area contributed by atoms with Crippen molar-refractivity contribution in [2.75, 3.05) is 13.2 Å². The Labute approximate surface area is 127 Å². The molecule has 114 valence electrons. The molecule has 1 aromatic carbocycles. The van der Waals surface area contributed by atoms with Crippen LogP contribution in [0.25, 0.3) is 0 Å². The van der Waals surface area contributed by atoms with Gasteiger partial charge >= 0.3 is 0 Å². The highest BCUT2D eigenvalue weighted by atomic mass is 16.5. The molecular weight excluding hydrogens is 262 g/mol. The normalized spacial score (nSPS) is 12.3. The van der Waals surface area contributed by atoms with E-state index in [2.05, 4.69) is 42.6 Å². The van der Waals surface area contributed by atoms with Gasteiger partial charge in [0.05, 0.1) is 25.4 Å². The maximum Gasteiger partial charge on any atom is 0.119 e. The lowest BCUT2D eigenvalue weighted by Crippen LogP contribution is -2.26. The summed E-state index contributed by atoms with van der Waals surface area (Å²) >= 11 is 0. The topological polar surface area (TPSA) is 39.1 Å². The molecule has 1 N–H and O–H groups in total. The van der Waals surface area contributed by atoms with Gasteiger partial charge in [0.25, 0.3) is 0 Å². The Morgan fingerprint density at radius 1 is 1.24 bits per heavy atom. The minimum Gasteiger partial charge on any atom is -0.494 e. The second kappa shape index (κ2) is 7.84. The van der Waals surface area contributed by atoms with Crippen LogP contribution < -0.4 is 10.1 Å².